The number of hydrogen-bond donors (Lipinski definition) is 1. The zero-order valence-corrected chi connectivity index (χ0v) is 12.5. The fourth-order valence-corrected chi connectivity index (χ4v) is 2.62. The van der Waals surface area contributed by atoms with Crippen molar-refractivity contribution in [3.05, 3.63) is 53.2 Å². The maximum atomic E-state index is 12.9. The van der Waals surface area contributed by atoms with E-state index >= 15 is 0 Å². The highest BCUT2D eigenvalue weighted by molar-refractivity contribution is 7.16. The average Bonchev–Trinajstić information content (AvgIpc) is 2.95. The molecule has 2 aromatic rings. The second-order valence-corrected chi connectivity index (χ2v) is 5.44. The highest BCUT2D eigenvalue weighted by atomic mass is 32.1. The fourth-order valence-electron chi connectivity index (χ4n) is 1.70. The molecule has 0 bridgehead atoms. The third-order valence-electron chi connectivity index (χ3n) is 2.76. The summed E-state index contributed by atoms with van der Waals surface area (Å²) in [5.74, 6) is -0.396. The first kappa shape index (κ1) is 15.4. The number of rotatable bonds is 6. The first-order valence-corrected chi connectivity index (χ1v) is 7.31. The molecule has 0 aliphatic heterocycles. The van der Waals surface area contributed by atoms with Crippen molar-refractivity contribution in [3.8, 4) is 10.4 Å². The van der Waals surface area contributed by atoms with E-state index in [9.17, 15) is 9.18 Å². The molecule has 1 aromatic carbocycles. The number of methoxy groups -OCH3 is 1. The molecule has 0 atom stereocenters. The van der Waals surface area contributed by atoms with Crippen molar-refractivity contribution in [2.45, 2.75) is 0 Å². The highest BCUT2D eigenvalue weighted by Crippen LogP contribution is 2.28. The zero-order chi connectivity index (χ0) is 15.1. The summed E-state index contributed by atoms with van der Waals surface area (Å²) in [5, 5.41) is 2.71. The quantitative estimate of drug-likeness (QED) is 0.656. The Kier molecular flexibility index (Phi) is 5.66. The van der Waals surface area contributed by atoms with Crippen LogP contribution in [0.5, 0.6) is 0 Å². The first-order chi connectivity index (χ1) is 10.2. The van der Waals surface area contributed by atoms with Gasteiger partial charge >= 0.3 is 0 Å². The van der Waals surface area contributed by atoms with Crippen molar-refractivity contribution in [1.29, 1.82) is 0 Å². The van der Waals surface area contributed by atoms with Gasteiger partial charge in [0, 0.05) is 29.5 Å². The number of thiophene rings is 1. The molecular formula is C16H16FNO2S. The van der Waals surface area contributed by atoms with Crippen LogP contribution in [-0.4, -0.2) is 26.2 Å². The van der Waals surface area contributed by atoms with E-state index in [0.29, 0.717) is 13.2 Å². The van der Waals surface area contributed by atoms with Crippen LogP contribution in [0.4, 0.5) is 4.39 Å². The molecule has 0 fully saturated rings. The summed E-state index contributed by atoms with van der Waals surface area (Å²) >= 11 is 1.55. The van der Waals surface area contributed by atoms with Gasteiger partial charge in [-0.15, -0.1) is 11.3 Å². The molecule has 0 saturated carbocycles. The van der Waals surface area contributed by atoms with Crippen LogP contribution in [0.2, 0.25) is 0 Å². The predicted molar refractivity (Wildman–Crippen MR) is 83.6 cm³/mol. The number of hydrogen-bond acceptors (Lipinski definition) is 3. The molecule has 0 radical (unpaired) electrons. The van der Waals surface area contributed by atoms with Gasteiger partial charge in [-0.25, -0.2) is 4.39 Å². The third kappa shape index (κ3) is 4.81. The number of carbonyl (C=O) groups excluding carboxylic acids is 1. The minimum Gasteiger partial charge on any atom is -0.383 e. The summed E-state index contributed by atoms with van der Waals surface area (Å²) in [6.45, 7) is 0.984. The van der Waals surface area contributed by atoms with Crippen molar-refractivity contribution in [2.24, 2.45) is 0 Å². The summed E-state index contributed by atoms with van der Waals surface area (Å²) in [4.78, 5) is 13.5. The van der Waals surface area contributed by atoms with Crippen LogP contribution in [0.25, 0.3) is 16.5 Å². The first-order valence-electron chi connectivity index (χ1n) is 6.49. The number of halogens is 1. The lowest BCUT2D eigenvalue weighted by atomic mass is 10.2. The van der Waals surface area contributed by atoms with Gasteiger partial charge in [0.2, 0.25) is 5.91 Å². The molecule has 1 amide bonds. The minimum absolute atomic E-state index is 0.149. The fraction of sp³-hybridized carbons (Fsp3) is 0.188. The molecule has 2 rings (SSSR count). The predicted octanol–water partition coefficient (Wildman–Crippen LogP) is 3.33. The standard InChI is InChI=1S/C16H16FNO2S/c1-20-11-10-18-16(19)9-7-14-6-8-15(21-14)12-2-4-13(17)5-3-12/h2-9H,10-11H2,1H3,(H,18,19). The highest BCUT2D eigenvalue weighted by Gasteiger charge is 2.02. The Hall–Kier alpha value is -1.98. The van der Waals surface area contributed by atoms with Gasteiger partial charge < -0.3 is 10.1 Å². The van der Waals surface area contributed by atoms with Crippen LogP contribution in [0.1, 0.15) is 4.88 Å². The number of nitrogens with one attached hydrogen (secondary N) is 1. The van der Waals surface area contributed by atoms with Crippen molar-refractivity contribution < 1.29 is 13.9 Å². The topological polar surface area (TPSA) is 38.3 Å². The molecule has 1 heterocycles. The maximum absolute atomic E-state index is 12.9. The van der Waals surface area contributed by atoms with Crippen molar-refractivity contribution >= 4 is 23.3 Å². The Morgan fingerprint density at radius 1 is 1.29 bits per heavy atom. The number of ether oxygens (including phenoxy) is 1. The van der Waals surface area contributed by atoms with E-state index in [0.717, 1.165) is 15.3 Å². The third-order valence-corrected chi connectivity index (χ3v) is 3.86. The van der Waals surface area contributed by atoms with Crippen molar-refractivity contribution in [1.82, 2.24) is 5.32 Å². The van der Waals surface area contributed by atoms with E-state index in [1.807, 2.05) is 12.1 Å². The second kappa shape index (κ2) is 7.71. The minimum atomic E-state index is -0.247. The maximum Gasteiger partial charge on any atom is 0.244 e. The Labute approximate surface area is 127 Å². The summed E-state index contributed by atoms with van der Waals surface area (Å²) in [5.41, 5.74) is 0.964. The molecule has 0 unspecified atom stereocenters. The van der Waals surface area contributed by atoms with Crippen LogP contribution in [0.15, 0.2) is 42.5 Å². The smallest absolute Gasteiger partial charge is 0.244 e. The lowest BCUT2D eigenvalue weighted by molar-refractivity contribution is -0.116. The SMILES string of the molecule is COCCNC(=O)C=Cc1ccc(-c2ccc(F)cc2)s1. The van der Waals surface area contributed by atoms with Crippen LogP contribution in [0.3, 0.4) is 0 Å². The van der Waals surface area contributed by atoms with Gasteiger partial charge in [0.25, 0.3) is 0 Å². The molecule has 1 aromatic heterocycles. The van der Waals surface area contributed by atoms with E-state index in [1.54, 1.807) is 36.7 Å². The van der Waals surface area contributed by atoms with Crippen LogP contribution < -0.4 is 5.32 Å². The lowest BCUT2D eigenvalue weighted by Crippen LogP contribution is -2.24. The lowest BCUT2D eigenvalue weighted by Gasteiger charge is -1.99. The Morgan fingerprint density at radius 2 is 2.05 bits per heavy atom. The summed E-state index contributed by atoms with van der Waals surface area (Å²) in [7, 11) is 1.59. The van der Waals surface area contributed by atoms with Crippen LogP contribution in [-0.2, 0) is 9.53 Å². The van der Waals surface area contributed by atoms with Crippen molar-refractivity contribution in [2.75, 3.05) is 20.3 Å². The van der Waals surface area contributed by atoms with Gasteiger partial charge in [0.1, 0.15) is 5.82 Å². The Bertz CT molecular complexity index is 619. The second-order valence-electron chi connectivity index (χ2n) is 4.33. The monoisotopic (exact) mass is 305 g/mol. The van der Waals surface area contributed by atoms with Gasteiger partial charge in [0.05, 0.1) is 6.61 Å². The van der Waals surface area contributed by atoms with Gasteiger partial charge in [0.15, 0.2) is 0 Å². The number of amides is 1. The average molecular weight is 305 g/mol. The summed E-state index contributed by atoms with van der Waals surface area (Å²) < 4.78 is 17.7. The Balaban J connectivity index is 1.96. The molecule has 0 aliphatic carbocycles. The Morgan fingerprint density at radius 3 is 2.76 bits per heavy atom. The summed E-state index contributed by atoms with van der Waals surface area (Å²) in [6, 6.07) is 10.3. The summed E-state index contributed by atoms with van der Waals surface area (Å²) in [6.07, 6.45) is 3.26. The van der Waals surface area contributed by atoms with Crippen LogP contribution in [0, 0.1) is 5.82 Å². The van der Waals surface area contributed by atoms with Crippen LogP contribution >= 0.6 is 11.3 Å². The van der Waals surface area contributed by atoms with E-state index in [4.69, 9.17) is 4.74 Å². The molecule has 3 nitrogen and oxygen atoms in total. The van der Waals surface area contributed by atoms with E-state index in [-0.39, 0.29) is 11.7 Å². The molecule has 0 saturated heterocycles. The van der Waals surface area contributed by atoms with E-state index < -0.39 is 0 Å². The normalized spacial score (nSPS) is 11.0. The van der Waals surface area contributed by atoms with Gasteiger partial charge in [-0.05, 0) is 35.9 Å². The zero-order valence-electron chi connectivity index (χ0n) is 11.6. The molecule has 110 valence electrons. The largest absolute Gasteiger partial charge is 0.383 e. The van der Waals surface area contributed by atoms with Gasteiger partial charge in [-0.1, -0.05) is 12.1 Å². The number of benzene rings is 1. The van der Waals surface area contributed by atoms with Crippen molar-refractivity contribution in [3.63, 3.8) is 0 Å². The van der Waals surface area contributed by atoms with E-state index in [2.05, 4.69) is 5.32 Å². The molecule has 21 heavy (non-hydrogen) atoms. The number of carbonyl (C=O) groups is 1. The molecule has 0 spiro atoms. The van der Waals surface area contributed by atoms with Gasteiger partial charge in [-0.3, -0.25) is 4.79 Å². The molecular weight excluding hydrogens is 289 g/mol. The van der Waals surface area contributed by atoms with E-state index in [1.165, 1.54) is 18.2 Å². The molecule has 5 heteroatoms. The molecule has 1 N–H and O–H groups in total. The van der Waals surface area contributed by atoms with Gasteiger partial charge in [-0.2, -0.15) is 0 Å². The molecule has 0 aliphatic rings.